The molecule has 0 unspecified atom stereocenters. The lowest BCUT2D eigenvalue weighted by Crippen LogP contribution is -1.97. The molecule has 0 saturated carbocycles. The van der Waals surface area contributed by atoms with Crippen LogP contribution in [0.5, 0.6) is 0 Å². The fourth-order valence-electron chi connectivity index (χ4n) is 2.58. The molecule has 0 aliphatic carbocycles. The SMILES string of the molecule is C.CC(C)c1ccc(Cl)cn1.Cc1cccc(C(C)C)n1.Cc1cnc(C(C)C)c(F)c1. The minimum atomic E-state index is -0.194. The van der Waals surface area contributed by atoms with Crippen LogP contribution in [-0.2, 0) is 0 Å². The van der Waals surface area contributed by atoms with E-state index in [4.69, 9.17) is 11.6 Å². The van der Waals surface area contributed by atoms with Crippen LogP contribution in [-0.4, -0.2) is 15.0 Å². The largest absolute Gasteiger partial charge is 0.259 e. The van der Waals surface area contributed by atoms with E-state index in [-0.39, 0.29) is 19.2 Å². The summed E-state index contributed by atoms with van der Waals surface area (Å²) in [5, 5.41) is 0.699. The molecule has 0 amide bonds. The molecule has 0 aromatic carbocycles. The quantitative estimate of drug-likeness (QED) is 0.393. The second-order valence-electron chi connectivity index (χ2n) is 8.45. The molecule has 0 aliphatic heterocycles. The average Bonchev–Trinajstić information content (AvgIpc) is 2.69. The summed E-state index contributed by atoms with van der Waals surface area (Å²) in [4.78, 5) is 12.5. The van der Waals surface area contributed by atoms with E-state index in [0.717, 1.165) is 17.0 Å². The van der Waals surface area contributed by atoms with Crippen LogP contribution in [0.1, 0.15) is 95.1 Å². The highest BCUT2D eigenvalue weighted by Crippen LogP contribution is 2.16. The molecule has 0 fully saturated rings. The molecule has 0 radical (unpaired) electrons. The van der Waals surface area contributed by atoms with Crippen LogP contribution in [0, 0.1) is 19.7 Å². The van der Waals surface area contributed by atoms with E-state index >= 15 is 0 Å². The first kappa shape index (κ1) is 29.7. The first-order valence-corrected chi connectivity index (χ1v) is 11.1. The van der Waals surface area contributed by atoms with Gasteiger partial charge in [-0.2, -0.15) is 0 Å². The minimum Gasteiger partial charge on any atom is -0.259 e. The summed E-state index contributed by atoms with van der Waals surface area (Å²) in [6, 6.07) is 11.5. The number of pyridine rings is 3. The normalized spacial score (nSPS) is 10.2. The standard InChI is InChI=1S/C9H12FN.C9H13N.C8H10ClN.CH4/c1-6(2)9-8(10)4-7(3)5-11-9;1-7(2)9-6-4-5-8(3)10-9;1-6(2)8-4-3-7(9)5-10-8;/h4-6H,1-3H3;4-7H,1-3H3;3-6H,1-2H3;1H4. The summed E-state index contributed by atoms with van der Waals surface area (Å²) in [5.41, 5.74) is 4.79. The summed E-state index contributed by atoms with van der Waals surface area (Å²) in [7, 11) is 0. The number of hydrogen-bond acceptors (Lipinski definition) is 3. The van der Waals surface area contributed by atoms with Crippen molar-refractivity contribution in [2.24, 2.45) is 0 Å². The second-order valence-corrected chi connectivity index (χ2v) is 8.89. The zero-order valence-electron chi connectivity index (χ0n) is 19.9. The van der Waals surface area contributed by atoms with Gasteiger partial charge in [-0.05, 0) is 67.5 Å². The van der Waals surface area contributed by atoms with Gasteiger partial charge in [0, 0.05) is 29.5 Å². The van der Waals surface area contributed by atoms with Crippen LogP contribution in [0.25, 0.3) is 0 Å². The maximum absolute atomic E-state index is 13.0. The van der Waals surface area contributed by atoms with Crippen LogP contribution in [0.2, 0.25) is 5.02 Å². The monoisotopic (exact) mass is 459 g/mol. The molecule has 3 heterocycles. The molecule has 0 bridgehead atoms. The van der Waals surface area contributed by atoms with Crippen molar-refractivity contribution in [2.45, 2.75) is 80.6 Å². The maximum Gasteiger partial charge on any atom is 0.145 e. The molecule has 3 aromatic heterocycles. The van der Waals surface area contributed by atoms with Gasteiger partial charge in [0.05, 0.1) is 10.7 Å². The van der Waals surface area contributed by atoms with Crippen LogP contribution in [0.15, 0.2) is 48.8 Å². The van der Waals surface area contributed by atoms with Gasteiger partial charge in [-0.25, -0.2) is 4.39 Å². The van der Waals surface area contributed by atoms with Crippen LogP contribution < -0.4 is 0 Å². The molecule has 176 valence electrons. The molecule has 3 nitrogen and oxygen atoms in total. The minimum absolute atomic E-state index is 0. The van der Waals surface area contributed by atoms with Gasteiger partial charge in [-0.1, -0.05) is 66.6 Å². The van der Waals surface area contributed by atoms with Gasteiger partial charge in [0.15, 0.2) is 0 Å². The lowest BCUT2D eigenvalue weighted by molar-refractivity contribution is 0.583. The first-order chi connectivity index (χ1) is 14.5. The fraction of sp³-hybridized carbons (Fsp3) is 0.444. The van der Waals surface area contributed by atoms with Gasteiger partial charge in [0.2, 0.25) is 0 Å². The Morgan fingerprint density at radius 3 is 1.81 bits per heavy atom. The van der Waals surface area contributed by atoms with E-state index in [1.54, 1.807) is 12.4 Å². The number of rotatable bonds is 3. The number of nitrogens with zero attached hydrogens (tertiary/aromatic N) is 3. The van der Waals surface area contributed by atoms with E-state index in [2.05, 4.69) is 54.8 Å². The summed E-state index contributed by atoms with van der Waals surface area (Å²) >= 11 is 5.65. The van der Waals surface area contributed by atoms with Gasteiger partial charge < -0.3 is 0 Å². The maximum atomic E-state index is 13.0. The molecular formula is C27H39ClFN3. The van der Waals surface area contributed by atoms with Crippen LogP contribution in [0.3, 0.4) is 0 Å². The molecular weight excluding hydrogens is 421 g/mol. The fourth-order valence-corrected chi connectivity index (χ4v) is 2.70. The molecule has 0 N–H and O–H groups in total. The highest BCUT2D eigenvalue weighted by Gasteiger charge is 2.06. The highest BCUT2D eigenvalue weighted by molar-refractivity contribution is 6.30. The molecule has 3 rings (SSSR count). The summed E-state index contributed by atoms with van der Waals surface area (Å²) in [6.45, 7) is 16.2. The van der Waals surface area contributed by atoms with Crippen molar-refractivity contribution < 1.29 is 4.39 Å². The Morgan fingerprint density at radius 2 is 1.41 bits per heavy atom. The van der Waals surface area contributed by atoms with Crippen molar-refractivity contribution >= 4 is 11.6 Å². The Morgan fingerprint density at radius 1 is 0.781 bits per heavy atom. The van der Waals surface area contributed by atoms with Crippen LogP contribution >= 0.6 is 11.6 Å². The van der Waals surface area contributed by atoms with Crippen molar-refractivity contribution in [3.63, 3.8) is 0 Å². The number of hydrogen-bond donors (Lipinski definition) is 0. The molecule has 5 heteroatoms. The molecule has 0 saturated heterocycles. The van der Waals surface area contributed by atoms with Crippen molar-refractivity contribution in [2.75, 3.05) is 0 Å². The molecule has 0 spiro atoms. The lowest BCUT2D eigenvalue weighted by atomic mass is 10.1. The van der Waals surface area contributed by atoms with Gasteiger partial charge >= 0.3 is 0 Å². The van der Waals surface area contributed by atoms with E-state index in [9.17, 15) is 4.39 Å². The van der Waals surface area contributed by atoms with E-state index in [1.807, 2.05) is 45.9 Å². The predicted octanol–water partition coefficient (Wildman–Crippen LogP) is 8.66. The smallest absolute Gasteiger partial charge is 0.145 e. The lowest BCUT2D eigenvalue weighted by Gasteiger charge is -2.05. The third kappa shape index (κ3) is 10.8. The number of aryl methyl sites for hydroxylation is 2. The summed E-state index contributed by atoms with van der Waals surface area (Å²) in [6.07, 6.45) is 3.37. The molecule has 3 aromatic rings. The van der Waals surface area contributed by atoms with Gasteiger partial charge in [0.1, 0.15) is 5.82 Å². The first-order valence-electron chi connectivity index (χ1n) is 10.7. The predicted molar refractivity (Wildman–Crippen MR) is 136 cm³/mol. The molecule has 0 atom stereocenters. The zero-order chi connectivity index (χ0) is 23.6. The Hall–Kier alpha value is -2.33. The van der Waals surface area contributed by atoms with Crippen molar-refractivity contribution in [3.8, 4) is 0 Å². The number of halogens is 2. The van der Waals surface area contributed by atoms with Gasteiger partial charge in [0.25, 0.3) is 0 Å². The topological polar surface area (TPSA) is 38.7 Å². The number of aromatic nitrogens is 3. The zero-order valence-corrected chi connectivity index (χ0v) is 20.7. The van der Waals surface area contributed by atoms with Crippen molar-refractivity contribution in [1.82, 2.24) is 15.0 Å². The summed E-state index contributed by atoms with van der Waals surface area (Å²) < 4.78 is 13.0. The van der Waals surface area contributed by atoms with Crippen molar-refractivity contribution in [1.29, 1.82) is 0 Å². The average molecular weight is 460 g/mol. The Balaban J connectivity index is 0.000000444. The third-order valence-electron chi connectivity index (χ3n) is 4.40. The van der Waals surface area contributed by atoms with Gasteiger partial charge in [-0.3, -0.25) is 15.0 Å². The third-order valence-corrected chi connectivity index (χ3v) is 4.62. The van der Waals surface area contributed by atoms with E-state index in [1.165, 1.54) is 11.8 Å². The second kappa shape index (κ2) is 14.7. The van der Waals surface area contributed by atoms with E-state index in [0.29, 0.717) is 22.6 Å². The summed E-state index contributed by atoms with van der Waals surface area (Å²) in [5.74, 6) is 0.993. The highest BCUT2D eigenvalue weighted by atomic mass is 35.5. The van der Waals surface area contributed by atoms with E-state index < -0.39 is 0 Å². The Bertz CT molecular complexity index is 922. The van der Waals surface area contributed by atoms with Crippen LogP contribution in [0.4, 0.5) is 4.39 Å². The Kier molecular flexibility index (Phi) is 13.6. The van der Waals surface area contributed by atoms with Gasteiger partial charge in [-0.15, -0.1) is 0 Å². The Labute approximate surface area is 199 Å². The molecule has 0 aliphatic rings. The van der Waals surface area contributed by atoms with Crippen molar-refractivity contribution in [3.05, 3.63) is 88.0 Å². The molecule has 32 heavy (non-hydrogen) atoms.